The summed E-state index contributed by atoms with van der Waals surface area (Å²) in [7, 11) is 0. The third-order valence-electron chi connectivity index (χ3n) is 3.36. The van der Waals surface area contributed by atoms with Gasteiger partial charge in [0.15, 0.2) is 0 Å². The molecule has 0 aromatic heterocycles. The summed E-state index contributed by atoms with van der Waals surface area (Å²) < 4.78 is 5.64. The smallest absolute Gasteiger partial charge is 0.123 e. The van der Waals surface area contributed by atoms with Gasteiger partial charge < -0.3 is 10.1 Å². The molecule has 0 spiro atoms. The van der Waals surface area contributed by atoms with Crippen molar-refractivity contribution in [3.05, 3.63) is 29.8 Å². The van der Waals surface area contributed by atoms with Crippen molar-refractivity contribution >= 4 is 11.8 Å². The molecule has 0 unspecified atom stereocenters. The van der Waals surface area contributed by atoms with Crippen LogP contribution < -0.4 is 10.1 Å². The fourth-order valence-corrected chi connectivity index (χ4v) is 3.51. The van der Waals surface area contributed by atoms with E-state index < -0.39 is 0 Å². The molecular formula is C15H23NOS. The van der Waals surface area contributed by atoms with Crippen LogP contribution in [0.3, 0.4) is 0 Å². The molecule has 0 amide bonds. The number of thioether (sulfide) groups is 1. The summed E-state index contributed by atoms with van der Waals surface area (Å²) in [6, 6.07) is 8.32. The molecule has 1 aliphatic heterocycles. The van der Waals surface area contributed by atoms with E-state index >= 15 is 0 Å². The van der Waals surface area contributed by atoms with E-state index in [1.165, 1.54) is 29.9 Å². The molecule has 0 aliphatic carbocycles. The van der Waals surface area contributed by atoms with Crippen LogP contribution >= 0.6 is 11.8 Å². The Bertz CT molecular complexity index is 350. The lowest BCUT2D eigenvalue weighted by Crippen LogP contribution is -2.25. The molecule has 1 fully saturated rings. The van der Waals surface area contributed by atoms with E-state index in [0.717, 1.165) is 31.4 Å². The molecule has 1 heterocycles. The molecule has 2 nitrogen and oxygen atoms in total. The average Bonchev–Trinajstić information content (AvgIpc) is 2.42. The van der Waals surface area contributed by atoms with Gasteiger partial charge in [-0.1, -0.05) is 18.2 Å². The largest absolute Gasteiger partial charge is 0.494 e. The molecule has 0 bridgehead atoms. The van der Waals surface area contributed by atoms with E-state index in [9.17, 15) is 0 Å². The van der Waals surface area contributed by atoms with Crippen molar-refractivity contribution < 1.29 is 4.74 Å². The summed E-state index contributed by atoms with van der Waals surface area (Å²) in [5, 5.41) is 3.58. The summed E-state index contributed by atoms with van der Waals surface area (Å²) in [6.07, 6.45) is 2.73. The van der Waals surface area contributed by atoms with Gasteiger partial charge in [-0.05, 0) is 49.8 Å². The van der Waals surface area contributed by atoms with Crippen LogP contribution in [0.15, 0.2) is 24.3 Å². The summed E-state index contributed by atoms with van der Waals surface area (Å²) in [6.45, 7) is 4.82. The van der Waals surface area contributed by atoms with Gasteiger partial charge in [0.1, 0.15) is 5.75 Å². The lowest BCUT2D eigenvalue weighted by Gasteiger charge is -2.21. The van der Waals surface area contributed by atoms with E-state index in [1.54, 1.807) is 0 Å². The number of hydrogen-bond donors (Lipinski definition) is 1. The molecule has 1 aromatic carbocycles. The quantitative estimate of drug-likeness (QED) is 0.852. The Morgan fingerprint density at radius 1 is 1.28 bits per heavy atom. The van der Waals surface area contributed by atoms with Crippen molar-refractivity contribution in [1.82, 2.24) is 5.32 Å². The van der Waals surface area contributed by atoms with E-state index in [-0.39, 0.29) is 0 Å². The molecule has 1 aliphatic rings. The molecule has 0 saturated carbocycles. The van der Waals surface area contributed by atoms with E-state index in [4.69, 9.17) is 4.74 Å². The first-order valence-corrected chi connectivity index (χ1v) is 8.04. The third-order valence-corrected chi connectivity index (χ3v) is 4.41. The second-order valence-electron chi connectivity index (χ2n) is 4.73. The van der Waals surface area contributed by atoms with E-state index in [0.29, 0.717) is 0 Å². The molecule has 100 valence electrons. The molecule has 0 atom stereocenters. The minimum absolute atomic E-state index is 0.733. The Kier molecular flexibility index (Phi) is 5.88. The molecule has 18 heavy (non-hydrogen) atoms. The summed E-state index contributed by atoms with van der Waals surface area (Å²) in [5.41, 5.74) is 1.27. The Morgan fingerprint density at radius 2 is 2.06 bits per heavy atom. The second kappa shape index (κ2) is 7.70. The van der Waals surface area contributed by atoms with Gasteiger partial charge in [-0.3, -0.25) is 0 Å². The lowest BCUT2D eigenvalue weighted by atomic mass is 10.0. The van der Waals surface area contributed by atoms with E-state index in [2.05, 4.69) is 35.3 Å². The summed E-state index contributed by atoms with van der Waals surface area (Å²) in [4.78, 5) is 0. The molecule has 2 rings (SSSR count). The van der Waals surface area contributed by atoms with Crippen LogP contribution in [0.5, 0.6) is 5.75 Å². The minimum atomic E-state index is 0.733. The van der Waals surface area contributed by atoms with Crippen LogP contribution in [0.25, 0.3) is 0 Å². The topological polar surface area (TPSA) is 21.3 Å². The highest BCUT2D eigenvalue weighted by Gasteiger charge is 2.13. The van der Waals surface area contributed by atoms with Gasteiger partial charge in [0.25, 0.3) is 0 Å². The van der Waals surface area contributed by atoms with Gasteiger partial charge in [0.2, 0.25) is 0 Å². The highest BCUT2D eigenvalue weighted by molar-refractivity contribution is 7.99. The molecule has 0 radical (unpaired) electrons. The van der Waals surface area contributed by atoms with E-state index in [1.807, 2.05) is 13.0 Å². The predicted octanol–water partition coefficient (Wildman–Crippen LogP) is 3.32. The van der Waals surface area contributed by atoms with Crippen molar-refractivity contribution in [1.29, 1.82) is 0 Å². The van der Waals surface area contributed by atoms with Crippen LogP contribution in [0.4, 0.5) is 0 Å². The fraction of sp³-hybridized carbons (Fsp3) is 0.600. The van der Waals surface area contributed by atoms with Crippen LogP contribution in [-0.2, 0) is 6.54 Å². The highest BCUT2D eigenvalue weighted by atomic mass is 32.2. The summed E-state index contributed by atoms with van der Waals surface area (Å²) in [5.74, 6) is 4.56. The van der Waals surface area contributed by atoms with Crippen LogP contribution in [0.2, 0.25) is 0 Å². The number of rotatable bonds is 6. The standard InChI is InChI=1S/C15H23NOS/c1-2-17-15-6-4-3-5-14(15)12-16-11-13-7-9-18-10-8-13/h3-6,13,16H,2,7-12H2,1H3. The number of nitrogens with one attached hydrogen (secondary N) is 1. The maximum atomic E-state index is 5.64. The van der Waals surface area contributed by atoms with Crippen molar-refractivity contribution in [2.24, 2.45) is 5.92 Å². The minimum Gasteiger partial charge on any atom is -0.494 e. The predicted molar refractivity (Wildman–Crippen MR) is 79.4 cm³/mol. The second-order valence-corrected chi connectivity index (χ2v) is 5.95. The first-order valence-electron chi connectivity index (χ1n) is 6.89. The van der Waals surface area contributed by atoms with Crippen molar-refractivity contribution in [3.8, 4) is 5.75 Å². The monoisotopic (exact) mass is 265 g/mol. The van der Waals surface area contributed by atoms with Crippen molar-refractivity contribution in [2.75, 3.05) is 24.7 Å². The lowest BCUT2D eigenvalue weighted by molar-refractivity contribution is 0.334. The Labute approximate surface area is 114 Å². The van der Waals surface area contributed by atoms with Gasteiger partial charge in [0, 0.05) is 12.1 Å². The number of benzene rings is 1. The summed E-state index contributed by atoms with van der Waals surface area (Å²) >= 11 is 2.09. The number of hydrogen-bond acceptors (Lipinski definition) is 3. The molecular weight excluding hydrogens is 242 g/mol. The van der Waals surface area contributed by atoms with Gasteiger partial charge in [0.05, 0.1) is 6.61 Å². The van der Waals surface area contributed by atoms with Gasteiger partial charge >= 0.3 is 0 Å². The maximum Gasteiger partial charge on any atom is 0.123 e. The van der Waals surface area contributed by atoms with Gasteiger partial charge in [-0.15, -0.1) is 0 Å². The molecule has 1 saturated heterocycles. The third kappa shape index (κ3) is 4.21. The number of ether oxygens (including phenoxy) is 1. The Hall–Kier alpha value is -0.670. The van der Waals surface area contributed by atoms with Crippen LogP contribution in [-0.4, -0.2) is 24.7 Å². The molecule has 3 heteroatoms. The zero-order valence-electron chi connectivity index (χ0n) is 11.2. The van der Waals surface area contributed by atoms with Gasteiger partial charge in [-0.25, -0.2) is 0 Å². The molecule has 1 aromatic rings. The first kappa shape index (κ1) is 13.8. The fourth-order valence-electron chi connectivity index (χ4n) is 2.31. The zero-order valence-corrected chi connectivity index (χ0v) is 12.0. The first-order chi connectivity index (χ1) is 8.90. The van der Waals surface area contributed by atoms with Crippen LogP contribution in [0, 0.1) is 5.92 Å². The zero-order chi connectivity index (χ0) is 12.6. The van der Waals surface area contributed by atoms with Crippen molar-refractivity contribution in [2.45, 2.75) is 26.3 Å². The highest BCUT2D eigenvalue weighted by Crippen LogP contribution is 2.22. The average molecular weight is 265 g/mol. The maximum absolute atomic E-state index is 5.64. The van der Waals surface area contributed by atoms with Crippen LogP contribution in [0.1, 0.15) is 25.3 Å². The SMILES string of the molecule is CCOc1ccccc1CNCC1CCSCC1. The van der Waals surface area contributed by atoms with Gasteiger partial charge in [-0.2, -0.15) is 11.8 Å². The Balaban J connectivity index is 1.78. The molecule has 1 N–H and O–H groups in total. The van der Waals surface area contributed by atoms with Crippen molar-refractivity contribution in [3.63, 3.8) is 0 Å². The number of para-hydroxylation sites is 1. The Morgan fingerprint density at radius 3 is 2.83 bits per heavy atom. The normalized spacial score (nSPS) is 16.7.